The molecule has 2 rings (SSSR count). The Morgan fingerprint density at radius 1 is 1.80 bits per heavy atom. The molecule has 0 amide bonds. The second-order valence-corrected chi connectivity index (χ2v) is 3.17. The summed E-state index contributed by atoms with van der Waals surface area (Å²) in [6, 6.07) is 0. The predicted molar refractivity (Wildman–Crippen MR) is 35.4 cm³/mol. The maximum atomic E-state index is 8.08. The van der Waals surface area contributed by atoms with Crippen LogP contribution in [-0.2, 0) is 4.74 Å². The van der Waals surface area contributed by atoms with Crippen molar-refractivity contribution >= 4 is 0 Å². The van der Waals surface area contributed by atoms with Crippen molar-refractivity contribution in [2.75, 3.05) is 19.8 Å². The zero-order chi connectivity index (χ0) is 7.03. The normalized spacial score (nSPS) is 42.2. The van der Waals surface area contributed by atoms with Gasteiger partial charge in [-0.1, -0.05) is 5.11 Å². The van der Waals surface area contributed by atoms with Crippen molar-refractivity contribution in [3.63, 3.8) is 0 Å². The molecule has 54 valence electrons. The molecule has 2 unspecified atom stereocenters. The molecule has 2 fully saturated rings. The fourth-order valence-corrected chi connectivity index (χ4v) is 1.66. The first kappa shape index (κ1) is 6.01. The topological polar surface area (TPSA) is 58.0 Å². The van der Waals surface area contributed by atoms with Crippen molar-refractivity contribution in [1.29, 1.82) is 0 Å². The summed E-state index contributed by atoms with van der Waals surface area (Å²) >= 11 is 0. The summed E-state index contributed by atoms with van der Waals surface area (Å²) in [7, 11) is 0. The van der Waals surface area contributed by atoms with Gasteiger partial charge in [0.05, 0.1) is 13.2 Å². The number of nitrogens with zero attached hydrogens (tertiary/aromatic N) is 3. The number of hydrogen-bond acceptors (Lipinski definition) is 2. The van der Waals surface area contributed by atoms with Gasteiger partial charge in [0.15, 0.2) is 0 Å². The van der Waals surface area contributed by atoms with E-state index < -0.39 is 0 Å². The lowest BCUT2D eigenvalue weighted by molar-refractivity contribution is 0.148. The van der Waals surface area contributed by atoms with Crippen LogP contribution in [0.5, 0.6) is 0 Å². The van der Waals surface area contributed by atoms with Gasteiger partial charge in [0.2, 0.25) is 0 Å². The molecule has 4 nitrogen and oxygen atoms in total. The summed E-state index contributed by atoms with van der Waals surface area (Å²) < 4.78 is 5.22. The van der Waals surface area contributed by atoms with Gasteiger partial charge in [-0.05, 0) is 17.9 Å². The molecule has 0 radical (unpaired) electrons. The first-order valence-corrected chi connectivity index (χ1v) is 3.46. The van der Waals surface area contributed by atoms with Gasteiger partial charge >= 0.3 is 0 Å². The molecule has 0 bridgehead atoms. The summed E-state index contributed by atoms with van der Waals surface area (Å²) in [5, 5.41) is 3.57. The first-order chi connectivity index (χ1) is 4.87. The molecule has 10 heavy (non-hydrogen) atoms. The maximum absolute atomic E-state index is 8.08. The Labute approximate surface area is 58.8 Å². The van der Waals surface area contributed by atoms with Gasteiger partial charge in [-0.3, -0.25) is 0 Å². The van der Waals surface area contributed by atoms with Crippen molar-refractivity contribution < 1.29 is 4.74 Å². The summed E-state index contributed by atoms with van der Waals surface area (Å²) in [6.45, 7) is 2.31. The standard InChI is InChI=1S/C6H9N3O/c7-9-8-3-6-1-5(6)2-10-4-6/h5H,1-4H2. The van der Waals surface area contributed by atoms with Crippen LogP contribution in [0, 0.1) is 11.3 Å². The molecule has 1 saturated heterocycles. The summed E-state index contributed by atoms with van der Waals surface area (Å²) in [5.74, 6) is 0.693. The van der Waals surface area contributed by atoms with Gasteiger partial charge in [0.1, 0.15) is 0 Å². The minimum Gasteiger partial charge on any atom is -0.381 e. The highest BCUT2D eigenvalue weighted by molar-refractivity contribution is 5.06. The van der Waals surface area contributed by atoms with Crippen LogP contribution in [-0.4, -0.2) is 19.8 Å². The Morgan fingerprint density at radius 3 is 3.20 bits per heavy atom. The van der Waals surface area contributed by atoms with Crippen LogP contribution >= 0.6 is 0 Å². The Morgan fingerprint density at radius 2 is 2.70 bits per heavy atom. The van der Waals surface area contributed by atoms with Crippen molar-refractivity contribution in [2.24, 2.45) is 16.4 Å². The van der Waals surface area contributed by atoms with Crippen LogP contribution < -0.4 is 0 Å². The molecule has 1 saturated carbocycles. The van der Waals surface area contributed by atoms with E-state index in [2.05, 4.69) is 10.0 Å². The van der Waals surface area contributed by atoms with Crippen molar-refractivity contribution in [3.8, 4) is 0 Å². The maximum Gasteiger partial charge on any atom is 0.0527 e. The quantitative estimate of drug-likeness (QED) is 0.323. The second kappa shape index (κ2) is 1.87. The Bertz CT molecular complexity index is 199. The number of fused-ring (bicyclic) bond motifs is 1. The van der Waals surface area contributed by atoms with Gasteiger partial charge < -0.3 is 4.74 Å². The second-order valence-electron chi connectivity index (χ2n) is 3.17. The lowest BCUT2D eigenvalue weighted by Crippen LogP contribution is -2.08. The molecule has 0 aromatic carbocycles. The van der Waals surface area contributed by atoms with Crippen LogP contribution in [0.1, 0.15) is 6.42 Å². The van der Waals surface area contributed by atoms with E-state index in [1.54, 1.807) is 0 Å². The Kier molecular flexibility index (Phi) is 1.13. The number of ether oxygens (including phenoxy) is 1. The number of rotatable bonds is 2. The van der Waals surface area contributed by atoms with E-state index in [1.165, 1.54) is 6.42 Å². The molecule has 1 aliphatic heterocycles. The average Bonchev–Trinajstić information content (AvgIpc) is 2.51. The van der Waals surface area contributed by atoms with Gasteiger partial charge in [-0.15, -0.1) is 0 Å². The van der Waals surface area contributed by atoms with Crippen molar-refractivity contribution in [1.82, 2.24) is 0 Å². The SMILES string of the molecule is [N-]=[N+]=NCC12COCC1C2. The van der Waals surface area contributed by atoms with Crippen LogP contribution in [0.15, 0.2) is 5.11 Å². The van der Waals surface area contributed by atoms with Gasteiger partial charge in [0.25, 0.3) is 0 Å². The summed E-state index contributed by atoms with van der Waals surface area (Å²) in [4.78, 5) is 2.74. The average molecular weight is 139 g/mol. The van der Waals surface area contributed by atoms with E-state index in [0.717, 1.165) is 13.2 Å². The highest BCUT2D eigenvalue weighted by Gasteiger charge is 2.57. The third-order valence-electron chi connectivity index (χ3n) is 2.52. The monoisotopic (exact) mass is 139 g/mol. The molecular formula is C6H9N3O. The summed E-state index contributed by atoms with van der Waals surface area (Å²) in [6.07, 6.45) is 1.20. The highest BCUT2D eigenvalue weighted by atomic mass is 16.5. The van der Waals surface area contributed by atoms with Crippen molar-refractivity contribution in [3.05, 3.63) is 10.4 Å². The Hall–Kier alpha value is -0.730. The van der Waals surface area contributed by atoms with E-state index in [0.29, 0.717) is 12.5 Å². The predicted octanol–water partition coefficient (Wildman–Crippen LogP) is 1.33. The number of hydrogen-bond donors (Lipinski definition) is 0. The smallest absolute Gasteiger partial charge is 0.0527 e. The molecule has 1 heterocycles. The molecule has 0 N–H and O–H groups in total. The fraction of sp³-hybridized carbons (Fsp3) is 1.00. The van der Waals surface area contributed by atoms with Crippen molar-refractivity contribution in [2.45, 2.75) is 6.42 Å². The highest BCUT2D eigenvalue weighted by Crippen LogP contribution is 2.56. The third kappa shape index (κ3) is 0.696. The fourth-order valence-electron chi connectivity index (χ4n) is 1.66. The largest absolute Gasteiger partial charge is 0.381 e. The van der Waals surface area contributed by atoms with E-state index in [4.69, 9.17) is 10.3 Å². The zero-order valence-electron chi connectivity index (χ0n) is 5.66. The van der Waals surface area contributed by atoms with Crippen LogP contribution in [0.2, 0.25) is 0 Å². The van der Waals surface area contributed by atoms with E-state index >= 15 is 0 Å². The van der Waals surface area contributed by atoms with Crippen LogP contribution in [0.3, 0.4) is 0 Å². The lowest BCUT2D eigenvalue weighted by atomic mass is 10.1. The minimum absolute atomic E-state index is 0.270. The third-order valence-corrected chi connectivity index (χ3v) is 2.52. The van der Waals surface area contributed by atoms with E-state index in [9.17, 15) is 0 Å². The molecular weight excluding hydrogens is 130 g/mol. The first-order valence-electron chi connectivity index (χ1n) is 3.46. The minimum atomic E-state index is 0.270. The van der Waals surface area contributed by atoms with Gasteiger partial charge in [-0.2, -0.15) is 0 Å². The van der Waals surface area contributed by atoms with E-state index in [1.807, 2.05) is 0 Å². The lowest BCUT2D eigenvalue weighted by Gasteiger charge is -2.03. The Balaban J connectivity index is 1.98. The molecule has 2 aliphatic rings. The molecule has 0 aromatic rings. The van der Waals surface area contributed by atoms with E-state index in [-0.39, 0.29) is 5.41 Å². The van der Waals surface area contributed by atoms with Gasteiger partial charge in [-0.25, -0.2) is 0 Å². The molecule has 2 atom stereocenters. The molecule has 1 aliphatic carbocycles. The van der Waals surface area contributed by atoms with Crippen LogP contribution in [0.25, 0.3) is 10.4 Å². The molecule has 4 heteroatoms. The summed E-state index contributed by atoms with van der Waals surface area (Å²) in [5.41, 5.74) is 8.35. The van der Waals surface area contributed by atoms with Crippen LogP contribution in [0.4, 0.5) is 0 Å². The molecule has 0 aromatic heterocycles. The van der Waals surface area contributed by atoms with Gasteiger partial charge in [0, 0.05) is 16.9 Å². The zero-order valence-corrected chi connectivity index (χ0v) is 5.66. The number of azide groups is 1. The molecule has 0 spiro atoms.